The van der Waals surface area contributed by atoms with E-state index in [-0.39, 0.29) is 18.1 Å². The van der Waals surface area contributed by atoms with Crippen LogP contribution in [-0.4, -0.2) is 21.7 Å². The second-order valence-electron chi connectivity index (χ2n) is 8.28. The van der Waals surface area contributed by atoms with Crippen LogP contribution in [0, 0.1) is 25.7 Å². The van der Waals surface area contributed by atoms with Crippen molar-refractivity contribution in [2.24, 2.45) is 11.8 Å². The van der Waals surface area contributed by atoms with Gasteiger partial charge in [-0.2, -0.15) is 0 Å². The maximum Gasteiger partial charge on any atom is 0.419 e. The molecule has 0 N–H and O–H groups in total. The van der Waals surface area contributed by atoms with Crippen LogP contribution in [0.3, 0.4) is 0 Å². The largest absolute Gasteiger partial charge is 0.445 e. The van der Waals surface area contributed by atoms with Gasteiger partial charge in [-0.25, -0.2) is 14.3 Å². The highest BCUT2D eigenvalue weighted by atomic mass is 16.6. The number of aromatic nitrogens is 2. The first-order chi connectivity index (χ1) is 12.9. The van der Waals surface area contributed by atoms with Crippen molar-refractivity contribution < 1.29 is 9.53 Å². The van der Waals surface area contributed by atoms with Crippen LogP contribution in [0.2, 0.25) is 0 Å². The molecule has 27 heavy (non-hydrogen) atoms. The Bertz CT molecular complexity index is 793. The molecule has 0 bridgehead atoms. The fourth-order valence-electron chi connectivity index (χ4n) is 4.39. The first-order valence-corrected chi connectivity index (χ1v) is 10.2. The number of nitrogens with zero attached hydrogens (tertiary/aromatic N) is 2. The Morgan fingerprint density at radius 3 is 2.67 bits per heavy atom. The van der Waals surface area contributed by atoms with Crippen LogP contribution in [0.25, 0.3) is 0 Å². The summed E-state index contributed by atoms with van der Waals surface area (Å²) < 4.78 is 7.57. The molecule has 2 aromatic rings. The third kappa shape index (κ3) is 4.10. The van der Waals surface area contributed by atoms with Gasteiger partial charge in [0.25, 0.3) is 0 Å². The quantitative estimate of drug-likeness (QED) is 0.680. The first kappa shape index (κ1) is 19.7. The zero-order valence-electron chi connectivity index (χ0n) is 17.2. The molecule has 4 heteroatoms. The van der Waals surface area contributed by atoms with E-state index < -0.39 is 0 Å². The lowest BCUT2D eigenvalue weighted by Gasteiger charge is -2.33. The van der Waals surface area contributed by atoms with Gasteiger partial charge >= 0.3 is 6.09 Å². The van der Waals surface area contributed by atoms with E-state index in [9.17, 15) is 4.79 Å². The fourth-order valence-corrected chi connectivity index (χ4v) is 4.39. The molecule has 3 rings (SSSR count). The van der Waals surface area contributed by atoms with Crippen molar-refractivity contribution in [1.29, 1.82) is 0 Å². The zero-order chi connectivity index (χ0) is 19.6. The Kier molecular flexibility index (Phi) is 6.03. The Hall–Kier alpha value is -2.10. The molecule has 0 spiro atoms. The summed E-state index contributed by atoms with van der Waals surface area (Å²) in [5.41, 5.74) is 3.70. The van der Waals surface area contributed by atoms with E-state index in [1.165, 1.54) is 23.1 Å². The van der Waals surface area contributed by atoms with Gasteiger partial charge in [-0.3, -0.25) is 0 Å². The van der Waals surface area contributed by atoms with Gasteiger partial charge in [0, 0.05) is 18.3 Å². The van der Waals surface area contributed by atoms with Crippen molar-refractivity contribution in [3.8, 4) is 0 Å². The van der Waals surface area contributed by atoms with Gasteiger partial charge in [0.1, 0.15) is 11.9 Å². The molecule has 3 atom stereocenters. The minimum absolute atomic E-state index is 0.0116. The maximum absolute atomic E-state index is 13.0. The van der Waals surface area contributed by atoms with Crippen LogP contribution in [0.1, 0.15) is 74.9 Å². The Balaban J connectivity index is 1.81. The number of carbonyl (C=O) groups excluding carboxylic acids is 1. The van der Waals surface area contributed by atoms with Crippen LogP contribution in [-0.2, 0) is 4.74 Å². The summed E-state index contributed by atoms with van der Waals surface area (Å²) in [7, 11) is 0. The summed E-state index contributed by atoms with van der Waals surface area (Å²) in [5.74, 6) is 1.75. The number of carbonyl (C=O) groups is 1. The third-order valence-electron chi connectivity index (χ3n) is 6.23. The normalized spacial score (nSPS) is 21.3. The molecular formula is C23H32N2O2. The minimum atomic E-state index is -0.294. The highest BCUT2D eigenvalue weighted by Crippen LogP contribution is 2.33. The van der Waals surface area contributed by atoms with E-state index in [2.05, 4.69) is 57.8 Å². The topological polar surface area (TPSA) is 44.1 Å². The lowest BCUT2D eigenvalue weighted by molar-refractivity contribution is 0.0207. The molecule has 1 heterocycles. The van der Waals surface area contributed by atoms with Gasteiger partial charge in [0.2, 0.25) is 0 Å². The van der Waals surface area contributed by atoms with E-state index in [1.54, 1.807) is 17.0 Å². The SMILES string of the molecule is Cc1cccc([C@H](C)c2nccn2C(=O)OC2CCCCC2C(C)C)c1C. The molecule has 0 saturated heterocycles. The van der Waals surface area contributed by atoms with Gasteiger partial charge in [-0.1, -0.05) is 45.4 Å². The smallest absolute Gasteiger partial charge is 0.419 e. The summed E-state index contributed by atoms with van der Waals surface area (Å²) in [6, 6.07) is 6.30. The molecule has 146 valence electrons. The van der Waals surface area contributed by atoms with E-state index in [4.69, 9.17) is 4.74 Å². The molecule has 0 radical (unpaired) electrons. The van der Waals surface area contributed by atoms with Crippen LogP contribution in [0.15, 0.2) is 30.6 Å². The Morgan fingerprint density at radius 2 is 1.93 bits per heavy atom. The lowest BCUT2D eigenvalue weighted by atomic mass is 9.79. The van der Waals surface area contributed by atoms with Crippen LogP contribution < -0.4 is 0 Å². The number of benzene rings is 1. The molecule has 1 aromatic heterocycles. The molecule has 1 aromatic carbocycles. The predicted molar refractivity (Wildman–Crippen MR) is 108 cm³/mol. The van der Waals surface area contributed by atoms with Crippen molar-refractivity contribution in [1.82, 2.24) is 9.55 Å². The summed E-state index contributed by atoms with van der Waals surface area (Å²) >= 11 is 0. The number of imidazole rings is 1. The third-order valence-corrected chi connectivity index (χ3v) is 6.23. The molecule has 0 amide bonds. The van der Waals surface area contributed by atoms with Gasteiger partial charge in [-0.15, -0.1) is 0 Å². The van der Waals surface area contributed by atoms with Gasteiger partial charge < -0.3 is 4.74 Å². The molecule has 1 aliphatic rings. The highest BCUT2D eigenvalue weighted by molar-refractivity contribution is 5.71. The summed E-state index contributed by atoms with van der Waals surface area (Å²) in [5, 5.41) is 0. The van der Waals surface area contributed by atoms with Gasteiger partial charge in [0.15, 0.2) is 0 Å². The molecule has 1 aliphatic carbocycles. The molecule has 1 fully saturated rings. The summed E-state index contributed by atoms with van der Waals surface area (Å²) in [4.78, 5) is 17.4. The van der Waals surface area contributed by atoms with Crippen molar-refractivity contribution in [3.05, 3.63) is 53.1 Å². The van der Waals surface area contributed by atoms with Crippen molar-refractivity contribution in [3.63, 3.8) is 0 Å². The highest BCUT2D eigenvalue weighted by Gasteiger charge is 2.31. The second kappa shape index (κ2) is 8.28. The Labute approximate surface area is 163 Å². The standard InChI is InChI=1S/C23H32N2O2/c1-15(2)19-10-6-7-12-21(19)27-23(26)25-14-13-24-22(25)18(5)20-11-8-9-16(3)17(20)4/h8-9,11,13-15,18-19,21H,6-7,10,12H2,1-5H3/t18-,19?,21?/m0/s1. The molecule has 0 aliphatic heterocycles. The monoisotopic (exact) mass is 368 g/mol. The van der Waals surface area contributed by atoms with Crippen LogP contribution in [0.4, 0.5) is 4.79 Å². The second-order valence-corrected chi connectivity index (χ2v) is 8.28. The summed E-state index contributed by atoms with van der Waals surface area (Å²) in [6.45, 7) is 10.8. The van der Waals surface area contributed by atoms with Crippen molar-refractivity contribution >= 4 is 6.09 Å². The molecular weight excluding hydrogens is 336 g/mol. The fraction of sp³-hybridized carbons (Fsp3) is 0.565. The maximum atomic E-state index is 13.0. The summed E-state index contributed by atoms with van der Waals surface area (Å²) in [6.07, 6.45) is 7.62. The van der Waals surface area contributed by atoms with Gasteiger partial charge in [0.05, 0.1) is 0 Å². The number of hydrogen-bond acceptors (Lipinski definition) is 3. The minimum Gasteiger partial charge on any atom is -0.445 e. The molecule has 1 saturated carbocycles. The lowest BCUT2D eigenvalue weighted by Crippen LogP contribution is -2.34. The van der Waals surface area contributed by atoms with Crippen LogP contribution in [0.5, 0.6) is 0 Å². The van der Waals surface area contributed by atoms with Crippen molar-refractivity contribution in [2.45, 2.75) is 72.3 Å². The average molecular weight is 369 g/mol. The van der Waals surface area contributed by atoms with Crippen LogP contribution >= 0.6 is 0 Å². The van der Waals surface area contributed by atoms with E-state index in [0.717, 1.165) is 25.1 Å². The number of ether oxygens (including phenoxy) is 1. The first-order valence-electron chi connectivity index (χ1n) is 10.2. The van der Waals surface area contributed by atoms with Crippen molar-refractivity contribution in [2.75, 3.05) is 0 Å². The number of hydrogen-bond donors (Lipinski definition) is 0. The zero-order valence-corrected chi connectivity index (χ0v) is 17.2. The van der Waals surface area contributed by atoms with E-state index in [1.807, 2.05) is 0 Å². The Morgan fingerprint density at radius 1 is 1.19 bits per heavy atom. The molecule has 4 nitrogen and oxygen atoms in total. The predicted octanol–water partition coefficient (Wildman–Crippen LogP) is 5.85. The number of rotatable bonds is 4. The average Bonchev–Trinajstić information content (AvgIpc) is 3.13. The number of aryl methyl sites for hydroxylation is 1. The van der Waals surface area contributed by atoms with E-state index >= 15 is 0 Å². The van der Waals surface area contributed by atoms with Gasteiger partial charge in [-0.05, 0) is 61.6 Å². The van der Waals surface area contributed by atoms with E-state index in [0.29, 0.717) is 11.8 Å². The molecule has 2 unspecified atom stereocenters.